The molecule has 0 radical (unpaired) electrons. The minimum atomic E-state index is -0.539. The van der Waals surface area contributed by atoms with Crippen LogP contribution in [0.15, 0.2) is 36.7 Å². The van der Waals surface area contributed by atoms with Gasteiger partial charge in [-0.25, -0.2) is 4.39 Å². The number of benzene rings is 1. The number of pyridine rings is 1. The Bertz CT molecular complexity index is 607. The third kappa shape index (κ3) is 2.58. The molecule has 1 heterocycles. The Hall–Kier alpha value is -2.12. The minimum absolute atomic E-state index is 0.00248. The standard InChI is InChI=1S/C13H9ClFN3/c14-11-8-17-5-4-9(11)7-18-13-3-1-2-12(15)10(13)6-16/h1-5,8,18H,7H2. The molecule has 18 heavy (non-hydrogen) atoms. The molecular weight excluding hydrogens is 253 g/mol. The van der Waals surface area contributed by atoms with Crippen molar-refractivity contribution in [1.29, 1.82) is 5.26 Å². The van der Waals surface area contributed by atoms with Crippen LogP contribution in [0.4, 0.5) is 10.1 Å². The molecule has 3 nitrogen and oxygen atoms in total. The summed E-state index contributed by atoms with van der Waals surface area (Å²) in [7, 11) is 0. The summed E-state index contributed by atoms with van der Waals surface area (Å²) in [6.07, 6.45) is 3.16. The molecule has 1 N–H and O–H groups in total. The zero-order chi connectivity index (χ0) is 13.0. The van der Waals surface area contributed by atoms with Crippen molar-refractivity contribution in [2.45, 2.75) is 6.54 Å². The third-order valence-electron chi connectivity index (χ3n) is 2.45. The first kappa shape index (κ1) is 12.3. The maximum absolute atomic E-state index is 13.4. The highest BCUT2D eigenvalue weighted by atomic mass is 35.5. The fourth-order valence-corrected chi connectivity index (χ4v) is 1.71. The minimum Gasteiger partial charge on any atom is -0.380 e. The van der Waals surface area contributed by atoms with Gasteiger partial charge in [0.15, 0.2) is 0 Å². The van der Waals surface area contributed by atoms with Gasteiger partial charge in [-0.1, -0.05) is 17.7 Å². The van der Waals surface area contributed by atoms with Gasteiger partial charge < -0.3 is 5.32 Å². The van der Waals surface area contributed by atoms with Crippen molar-refractivity contribution in [2.24, 2.45) is 0 Å². The molecule has 5 heteroatoms. The first-order chi connectivity index (χ1) is 8.72. The van der Waals surface area contributed by atoms with Crippen LogP contribution in [0.3, 0.4) is 0 Å². The number of nitrogens with one attached hydrogen (secondary N) is 1. The highest BCUT2D eigenvalue weighted by molar-refractivity contribution is 6.31. The lowest BCUT2D eigenvalue weighted by Crippen LogP contribution is -2.03. The van der Waals surface area contributed by atoms with Crippen molar-refractivity contribution >= 4 is 17.3 Å². The van der Waals surface area contributed by atoms with E-state index >= 15 is 0 Å². The van der Waals surface area contributed by atoms with E-state index in [0.717, 1.165) is 5.56 Å². The van der Waals surface area contributed by atoms with Crippen LogP contribution in [0, 0.1) is 17.1 Å². The smallest absolute Gasteiger partial charge is 0.143 e. The Morgan fingerprint density at radius 1 is 1.39 bits per heavy atom. The summed E-state index contributed by atoms with van der Waals surface area (Å²) in [5, 5.41) is 12.4. The van der Waals surface area contributed by atoms with Crippen molar-refractivity contribution in [2.75, 3.05) is 5.32 Å². The van der Waals surface area contributed by atoms with E-state index in [-0.39, 0.29) is 5.56 Å². The molecule has 0 fully saturated rings. The maximum atomic E-state index is 13.4. The van der Waals surface area contributed by atoms with Crippen molar-refractivity contribution in [1.82, 2.24) is 4.98 Å². The second-order valence-corrected chi connectivity index (χ2v) is 4.00. The summed E-state index contributed by atoms with van der Waals surface area (Å²) in [6.45, 7) is 0.402. The molecule has 90 valence electrons. The zero-order valence-electron chi connectivity index (χ0n) is 9.32. The lowest BCUT2D eigenvalue weighted by molar-refractivity contribution is 0.624. The topological polar surface area (TPSA) is 48.7 Å². The van der Waals surface area contributed by atoms with Gasteiger partial charge in [-0.05, 0) is 23.8 Å². The SMILES string of the molecule is N#Cc1c(F)cccc1NCc1ccncc1Cl. The van der Waals surface area contributed by atoms with Gasteiger partial charge in [-0.15, -0.1) is 0 Å². The van der Waals surface area contributed by atoms with E-state index in [1.165, 1.54) is 12.3 Å². The molecule has 1 aromatic carbocycles. The first-order valence-electron chi connectivity index (χ1n) is 5.23. The zero-order valence-corrected chi connectivity index (χ0v) is 10.1. The Balaban J connectivity index is 2.19. The van der Waals surface area contributed by atoms with E-state index in [9.17, 15) is 4.39 Å². The molecule has 0 aliphatic carbocycles. The second kappa shape index (κ2) is 5.48. The summed E-state index contributed by atoms with van der Waals surface area (Å²) in [6, 6.07) is 8.05. The van der Waals surface area contributed by atoms with Gasteiger partial charge in [0.05, 0.1) is 10.7 Å². The lowest BCUT2D eigenvalue weighted by Gasteiger charge is -2.09. The number of nitrogens with zero attached hydrogens (tertiary/aromatic N) is 2. The van der Waals surface area contributed by atoms with Gasteiger partial charge in [0.1, 0.15) is 17.4 Å². The molecule has 0 bridgehead atoms. The van der Waals surface area contributed by atoms with Crippen LogP contribution in [0.25, 0.3) is 0 Å². The fraction of sp³-hybridized carbons (Fsp3) is 0.0769. The average molecular weight is 262 g/mol. The van der Waals surface area contributed by atoms with Gasteiger partial charge in [-0.3, -0.25) is 4.98 Å². The molecule has 0 spiro atoms. The lowest BCUT2D eigenvalue weighted by atomic mass is 10.1. The summed E-state index contributed by atoms with van der Waals surface area (Å²) in [4.78, 5) is 3.88. The first-order valence-corrected chi connectivity index (χ1v) is 5.61. The van der Waals surface area contributed by atoms with Gasteiger partial charge in [0.2, 0.25) is 0 Å². The van der Waals surface area contributed by atoms with Crippen LogP contribution >= 0.6 is 11.6 Å². The van der Waals surface area contributed by atoms with Crippen LogP contribution in [-0.4, -0.2) is 4.98 Å². The number of nitriles is 1. The van der Waals surface area contributed by atoms with Gasteiger partial charge in [-0.2, -0.15) is 5.26 Å². The van der Waals surface area contributed by atoms with E-state index in [2.05, 4.69) is 10.3 Å². The second-order valence-electron chi connectivity index (χ2n) is 3.59. The van der Waals surface area contributed by atoms with E-state index in [1.54, 1.807) is 24.4 Å². The van der Waals surface area contributed by atoms with Gasteiger partial charge >= 0.3 is 0 Å². The summed E-state index contributed by atoms with van der Waals surface area (Å²) in [5.74, 6) is -0.539. The van der Waals surface area contributed by atoms with Crippen LogP contribution < -0.4 is 5.32 Å². The number of hydrogen-bond acceptors (Lipinski definition) is 3. The van der Waals surface area contributed by atoms with Crippen molar-refractivity contribution in [3.05, 3.63) is 58.6 Å². The Kier molecular flexibility index (Phi) is 3.75. The third-order valence-corrected chi connectivity index (χ3v) is 2.79. The molecule has 1 aromatic heterocycles. The number of anilines is 1. The van der Waals surface area contributed by atoms with E-state index in [4.69, 9.17) is 16.9 Å². The fourth-order valence-electron chi connectivity index (χ4n) is 1.52. The van der Waals surface area contributed by atoms with Crippen molar-refractivity contribution in [3.8, 4) is 6.07 Å². The molecule has 0 aliphatic rings. The van der Waals surface area contributed by atoms with Crippen LogP contribution in [-0.2, 0) is 6.54 Å². The normalized spacial score (nSPS) is 9.83. The maximum Gasteiger partial charge on any atom is 0.143 e. The molecule has 0 amide bonds. The Morgan fingerprint density at radius 2 is 2.22 bits per heavy atom. The average Bonchev–Trinajstić information content (AvgIpc) is 2.38. The summed E-state index contributed by atoms with van der Waals surface area (Å²) in [5.41, 5.74) is 1.29. The van der Waals surface area contributed by atoms with E-state index < -0.39 is 5.82 Å². The largest absolute Gasteiger partial charge is 0.380 e. The molecule has 0 aliphatic heterocycles. The molecule has 0 saturated carbocycles. The Labute approximate surface area is 109 Å². The van der Waals surface area contributed by atoms with E-state index in [0.29, 0.717) is 17.3 Å². The molecular formula is C13H9ClFN3. The summed E-state index contributed by atoms with van der Waals surface area (Å²) >= 11 is 5.95. The molecule has 2 rings (SSSR count). The highest BCUT2D eigenvalue weighted by Crippen LogP contribution is 2.20. The van der Waals surface area contributed by atoms with Gasteiger partial charge in [0, 0.05) is 18.9 Å². The highest BCUT2D eigenvalue weighted by Gasteiger charge is 2.07. The molecule has 0 unspecified atom stereocenters. The summed E-state index contributed by atoms with van der Waals surface area (Å²) < 4.78 is 13.4. The monoisotopic (exact) mass is 261 g/mol. The van der Waals surface area contributed by atoms with Crippen LogP contribution in [0.1, 0.15) is 11.1 Å². The van der Waals surface area contributed by atoms with Crippen LogP contribution in [0.5, 0.6) is 0 Å². The number of aromatic nitrogens is 1. The van der Waals surface area contributed by atoms with E-state index in [1.807, 2.05) is 6.07 Å². The van der Waals surface area contributed by atoms with Crippen LogP contribution in [0.2, 0.25) is 5.02 Å². The number of halogens is 2. The Morgan fingerprint density at radius 3 is 2.94 bits per heavy atom. The van der Waals surface area contributed by atoms with Crippen molar-refractivity contribution in [3.63, 3.8) is 0 Å². The predicted molar refractivity (Wildman–Crippen MR) is 67.7 cm³/mol. The quantitative estimate of drug-likeness (QED) is 0.922. The van der Waals surface area contributed by atoms with Crippen molar-refractivity contribution < 1.29 is 4.39 Å². The molecule has 0 saturated heterocycles. The number of hydrogen-bond donors (Lipinski definition) is 1. The molecule has 0 atom stereocenters. The predicted octanol–water partition coefficient (Wildman–Crippen LogP) is 3.36. The van der Waals surface area contributed by atoms with Gasteiger partial charge in [0.25, 0.3) is 0 Å². The number of rotatable bonds is 3. The molecule has 2 aromatic rings.